The number of hydrogen-bond donors (Lipinski definition) is 0. The summed E-state index contributed by atoms with van der Waals surface area (Å²) in [6.07, 6.45) is 5.14. The van der Waals surface area contributed by atoms with Gasteiger partial charge in [0.2, 0.25) is 0 Å². The van der Waals surface area contributed by atoms with Gasteiger partial charge in [0.15, 0.2) is 0 Å². The molecule has 0 N–H and O–H groups in total. The Bertz CT molecular complexity index is 636. The van der Waals surface area contributed by atoms with Crippen LogP contribution in [0.4, 0.5) is 0 Å². The molecule has 1 atom stereocenters. The molecule has 0 fully saturated rings. The van der Waals surface area contributed by atoms with E-state index in [9.17, 15) is 4.79 Å². The van der Waals surface area contributed by atoms with Gasteiger partial charge in [-0.25, -0.2) is 9.97 Å². The van der Waals surface area contributed by atoms with Crippen LogP contribution in [-0.2, 0) is 17.6 Å². The van der Waals surface area contributed by atoms with Crippen molar-refractivity contribution in [2.45, 2.75) is 38.1 Å². The van der Waals surface area contributed by atoms with Crippen LogP contribution in [0.25, 0.3) is 10.2 Å². The Kier molecular flexibility index (Phi) is 3.58. The summed E-state index contributed by atoms with van der Waals surface area (Å²) in [4.78, 5) is 22.5. The number of nitrogens with zero attached hydrogens (tertiary/aromatic N) is 2. The van der Waals surface area contributed by atoms with Gasteiger partial charge in [-0.15, -0.1) is 11.3 Å². The van der Waals surface area contributed by atoms with Gasteiger partial charge < -0.3 is 0 Å². The van der Waals surface area contributed by atoms with Gasteiger partial charge in [0.25, 0.3) is 0 Å². The molecule has 0 unspecified atom stereocenters. The van der Waals surface area contributed by atoms with Crippen molar-refractivity contribution in [3.8, 4) is 0 Å². The van der Waals surface area contributed by atoms with Crippen molar-refractivity contribution in [1.82, 2.24) is 9.97 Å². The van der Waals surface area contributed by atoms with Crippen molar-refractivity contribution in [3.63, 3.8) is 0 Å². The van der Waals surface area contributed by atoms with Crippen molar-refractivity contribution in [2.24, 2.45) is 5.92 Å². The highest BCUT2D eigenvalue weighted by Crippen LogP contribution is 2.40. The lowest BCUT2D eigenvalue weighted by Crippen LogP contribution is -2.08. The molecular weight excluding hydrogens is 276 g/mol. The maximum Gasteiger partial charge on any atom is 0.140 e. The van der Waals surface area contributed by atoms with Gasteiger partial charge in [0, 0.05) is 10.3 Å². The fraction of sp³-hybridized carbons (Fsp3) is 0.500. The number of aryl methyl sites for hydroxylation is 1. The second-order valence-electron chi connectivity index (χ2n) is 5.20. The lowest BCUT2D eigenvalue weighted by molar-refractivity contribution is -0.114. The minimum Gasteiger partial charge on any atom is -0.299 e. The molecule has 0 spiro atoms. The summed E-state index contributed by atoms with van der Waals surface area (Å²) in [5.74, 6) is 1.45. The average Bonchev–Trinajstić information content (AvgIpc) is 2.73. The molecule has 100 valence electrons. The molecule has 0 radical (unpaired) electrons. The molecule has 1 aliphatic carbocycles. The number of carbonyl (C=O) groups excluding carboxylic acids is 1. The van der Waals surface area contributed by atoms with Crippen LogP contribution < -0.4 is 0 Å². The number of carbonyl (C=O) groups is 1. The van der Waals surface area contributed by atoms with Crippen LogP contribution >= 0.6 is 23.1 Å². The maximum atomic E-state index is 11.2. The SMILES string of the molecule is CC(=O)CSc1ncnc2sc3c(c12)CC[C@H](C)C3. The molecule has 0 saturated carbocycles. The minimum atomic E-state index is 0.189. The average molecular weight is 292 g/mol. The van der Waals surface area contributed by atoms with E-state index in [2.05, 4.69) is 16.9 Å². The Morgan fingerprint density at radius 1 is 1.53 bits per heavy atom. The molecule has 2 heterocycles. The maximum absolute atomic E-state index is 11.2. The van der Waals surface area contributed by atoms with Crippen molar-refractivity contribution in [1.29, 1.82) is 0 Å². The first-order chi connectivity index (χ1) is 9.15. The van der Waals surface area contributed by atoms with Crippen LogP contribution in [0, 0.1) is 5.92 Å². The summed E-state index contributed by atoms with van der Waals surface area (Å²) in [5.41, 5.74) is 1.43. The van der Waals surface area contributed by atoms with Gasteiger partial charge in [-0.05, 0) is 37.7 Å². The Morgan fingerprint density at radius 2 is 2.37 bits per heavy atom. The zero-order chi connectivity index (χ0) is 13.4. The highest BCUT2D eigenvalue weighted by molar-refractivity contribution is 8.00. The number of thiophene rings is 1. The predicted octanol–water partition coefficient (Wildman–Crippen LogP) is 3.50. The summed E-state index contributed by atoms with van der Waals surface area (Å²) in [6.45, 7) is 3.93. The summed E-state index contributed by atoms with van der Waals surface area (Å²) >= 11 is 3.34. The molecule has 5 heteroatoms. The number of aromatic nitrogens is 2. The fourth-order valence-corrected chi connectivity index (χ4v) is 4.77. The molecule has 1 aliphatic rings. The summed E-state index contributed by atoms with van der Waals surface area (Å²) in [6, 6.07) is 0. The van der Waals surface area contributed by atoms with E-state index in [0.717, 1.165) is 28.6 Å². The summed E-state index contributed by atoms with van der Waals surface area (Å²) in [5, 5.41) is 2.19. The Morgan fingerprint density at radius 3 is 3.16 bits per heavy atom. The van der Waals surface area contributed by atoms with Crippen LogP contribution in [0.1, 0.15) is 30.7 Å². The van der Waals surface area contributed by atoms with Gasteiger partial charge in [-0.1, -0.05) is 18.7 Å². The molecule has 2 aromatic rings. The van der Waals surface area contributed by atoms with Gasteiger partial charge in [0.05, 0.1) is 5.75 Å². The third kappa shape index (κ3) is 2.54. The highest BCUT2D eigenvalue weighted by Gasteiger charge is 2.23. The summed E-state index contributed by atoms with van der Waals surface area (Å²) in [7, 11) is 0. The van der Waals surface area contributed by atoms with E-state index in [1.807, 2.05) is 0 Å². The third-order valence-electron chi connectivity index (χ3n) is 3.47. The zero-order valence-electron chi connectivity index (χ0n) is 11.1. The highest BCUT2D eigenvalue weighted by atomic mass is 32.2. The number of rotatable bonds is 3. The van der Waals surface area contributed by atoms with Crippen molar-refractivity contribution in [2.75, 3.05) is 5.75 Å². The number of Topliss-reactive ketones (excluding diaryl/α,β-unsaturated/α-hetero) is 1. The fourth-order valence-electron chi connectivity index (χ4n) is 2.53. The van der Waals surface area contributed by atoms with Crippen LogP contribution in [0.2, 0.25) is 0 Å². The number of fused-ring (bicyclic) bond motifs is 3. The van der Waals surface area contributed by atoms with E-state index < -0.39 is 0 Å². The lowest BCUT2D eigenvalue weighted by Gasteiger charge is -2.18. The monoisotopic (exact) mass is 292 g/mol. The Hall–Kier alpha value is -0.940. The molecule has 3 rings (SSSR count). The second kappa shape index (κ2) is 5.21. The standard InChI is InChI=1S/C14H16N2OS2/c1-8-3-4-10-11(5-8)19-14-12(10)13(15-7-16-14)18-6-9(2)17/h7-8H,3-6H2,1-2H3/t8-/m0/s1. The van der Waals surface area contributed by atoms with E-state index in [1.165, 1.54) is 22.2 Å². The normalized spacial score (nSPS) is 18.5. The number of ketones is 1. The van der Waals surface area contributed by atoms with E-state index in [-0.39, 0.29) is 5.78 Å². The van der Waals surface area contributed by atoms with E-state index >= 15 is 0 Å². The van der Waals surface area contributed by atoms with Crippen LogP contribution in [-0.4, -0.2) is 21.5 Å². The van der Waals surface area contributed by atoms with Crippen LogP contribution in [0.3, 0.4) is 0 Å². The quantitative estimate of drug-likeness (QED) is 0.641. The molecule has 0 saturated heterocycles. The third-order valence-corrected chi connectivity index (χ3v) is 5.77. The minimum absolute atomic E-state index is 0.189. The molecule has 0 aliphatic heterocycles. The number of hydrogen-bond acceptors (Lipinski definition) is 5. The Balaban J connectivity index is 2.06. The van der Waals surface area contributed by atoms with E-state index in [1.54, 1.807) is 36.3 Å². The van der Waals surface area contributed by atoms with Gasteiger partial charge >= 0.3 is 0 Å². The van der Waals surface area contributed by atoms with Gasteiger partial charge in [0.1, 0.15) is 22.0 Å². The van der Waals surface area contributed by atoms with Crippen molar-refractivity contribution >= 4 is 39.1 Å². The van der Waals surface area contributed by atoms with E-state index in [0.29, 0.717) is 5.75 Å². The first-order valence-electron chi connectivity index (χ1n) is 6.52. The molecular formula is C14H16N2OS2. The molecule has 0 bridgehead atoms. The Labute approximate surface area is 120 Å². The smallest absolute Gasteiger partial charge is 0.140 e. The van der Waals surface area contributed by atoms with Gasteiger partial charge in [-0.2, -0.15) is 0 Å². The second-order valence-corrected chi connectivity index (χ2v) is 7.25. The van der Waals surface area contributed by atoms with E-state index in [4.69, 9.17) is 0 Å². The first-order valence-corrected chi connectivity index (χ1v) is 8.33. The first kappa shape index (κ1) is 13.1. The molecule has 0 aromatic carbocycles. The van der Waals surface area contributed by atoms with Crippen molar-refractivity contribution < 1.29 is 4.79 Å². The molecule has 19 heavy (non-hydrogen) atoms. The predicted molar refractivity (Wildman–Crippen MR) is 80.0 cm³/mol. The van der Waals surface area contributed by atoms with Crippen LogP contribution in [0.5, 0.6) is 0 Å². The lowest BCUT2D eigenvalue weighted by atomic mass is 9.89. The van der Waals surface area contributed by atoms with Gasteiger partial charge in [-0.3, -0.25) is 4.79 Å². The topological polar surface area (TPSA) is 42.9 Å². The zero-order valence-corrected chi connectivity index (χ0v) is 12.7. The van der Waals surface area contributed by atoms with Crippen LogP contribution in [0.15, 0.2) is 11.4 Å². The molecule has 0 amide bonds. The number of thioether (sulfide) groups is 1. The largest absolute Gasteiger partial charge is 0.299 e. The molecule has 2 aromatic heterocycles. The molecule has 3 nitrogen and oxygen atoms in total. The summed E-state index contributed by atoms with van der Waals surface area (Å²) < 4.78 is 0. The van der Waals surface area contributed by atoms with Crippen molar-refractivity contribution in [3.05, 3.63) is 16.8 Å².